The van der Waals surface area contributed by atoms with Crippen LogP contribution in [0.4, 0.5) is 0 Å². The molecule has 5 heteroatoms. The van der Waals surface area contributed by atoms with E-state index in [9.17, 15) is 9.90 Å². The lowest BCUT2D eigenvalue weighted by molar-refractivity contribution is 0.271. The number of hydrogen-bond donors (Lipinski definition) is 1. The van der Waals surface area contributed by atoms with Crippen LogP contribution in [0.25, 0.3) is 22.3 Å². The average molecular weight is 339 g/mol. The predicted octanol–water partition coefficient (Wildman–Crippen LogP) is 3.50. The molecule has 3 aromatic rings. The molecular weight excluding hydrogens is 318 g/mol. The van der Waals surface area contributed by atoms with E-state index >= 15 is 0 Å². The number of phenols is 1. The molecule has 0 bridgehead atoms. The average Bonchev–Trinajstić information content (AvgIpc) is 2.60. The lowest BCUT2D eigenvalue weighted by Crippen LogP contribution is -2.15. The summed E-state index contributed by atoms with van der Waals surface area (Å²) in [6, 6.07) is 13.6. The zero-order chi connectivity index (χ0) is 17.8. The van der Waals surface area contributed by atoms with Crippen molar-refractivity contribution < 1.29 is 14.3 Å². The van der Waals surface area contributed by atoms with E-state index in [0.717, 1.165) is 13.0 Å². The first kappa shape index (κ1) is 17.0. The Bertz CT molecular complexity index is 930. The monoisotopic (exact) mass is 339 g/mol. The van der Waals surface area contributed by atoms with Crippen molar-refractivity contribution in [3.8, 4) is 22.8 Å². The predicted molar refractivity (Wildman–Crippen MR) is 98.3 cm³/mol. The Hall–Kier alpha value is -2.79. The maximum atomic E-state index is 12.3. The third kappa shape index (κ3) is 3.83. The van der Waals surface area contributed by atoms with Crippen LogP contribution < -0.4 is 10.2 Å². The fourth-order valence-electron chi connectivity index (χ4n) is 2.64. The first-order valence-corrected chi connectivity index (χ1v) is 8.19. The number of para-hydroxylation sites is 2. The number of ether oxygens (including phenoxy) is 1. The first-order valence-electron chi connectivity index (χ1n) is 8.19. The van der Waals surface area contributed by atoms with E-state index in [4.69, 9.17) is 9.15 Å². The molecular formula is C20H21NO4. The number of benzene rings is 2. The van der Waals surface area contributed by atoms with Crippen LogP contribution in [0.5, 0.6) is 11.5 Å². The van der Waals surface area contributed by atoms with E-state index in [2.05, 4.69) is 4.90 Å². The van der Waals surface area contributed by atoms with Gasteiger partial charge in [-0.05, 0) is 44.8 Å². The van der Waals surface area contributed by atoms with Gasteiger partial charge in [0, 0.05) is 12.6 Å². The Morgan fingerprint density at radius 3 is 2.72 bits per heavy atom. The highest BCUT2D eigenvalue weighted by atomic mass is 16.5. The van der Waals surface area contributed by atoms with Gasteiger partial charge in [-0.25, -0.2) is 0 Å². The van der Waals surface area contributed by atoms with E-state index in [1.807, 2.05) is 14.1 Å². The van der Waals surface area contributed by atoms with Crippen molar-refractivity contribution in [1.82, 2.24) is 4.90 Å². The molecule has 1 N–H and O–H groups in total. The van der Waals surface area contributed by atoms with E-state index < -0.39 is 0 Å². The lowest BCUT2D eigenvalue weighted by atomic mass is 10.1. The summed E-state index contributed by atoms with van der Waals surface area (Å²) in [7, 11) is 4.00. The van der Waals surface area contributed by atoms with Gasteiger partial charge < -0.3 is 19.2 Å². The van der Waals surface area contributed by atoms with Gasteiger partial charge in [-0.2, -0.15) is 0 Å². The molecule has 0 spiro atoms. The summed E-state index contributed by atoms with van der Waals surface area (Å²) in [4.78, 5) is 14.3. The van der Waals surface area contributed by atoms with E-state index in [1.54, 1.807) is 42.5 Å². The van der Waals surface area contributed by atoms with Crippen molar-refractivity contribution in [3.05, 3.63) is 58.8 Å². The normalized spacial score (nSPS) is 11.2. The summed E-state index contributed by atoms with van der Waals surface area (Å²) in [6.07, 6.45) is 0.849. The van der Waals surface area contributed by atoms with Crippen molar-refractivity contribution in [2.45, 2.75) is 6.42 Å². The molecule has 25 heavy (non-hydrogen) atoms. The molecule has 0 aliphatic heterocycles. The summed E-state index contributed by atoms with van der Waals surface area (Å²) >= 11 is 0. The number of phenolic OH excluding ortho intramolecular Hbond substituents is 1. The first-order chi connectivity index (χ1) is 12.1. The van der Waals surface area contributed by atoms with Gasteiger partial charge in [0.15, 0.2) is 16.9 Å². The van der Waals surface area contributed by atoms with Gasteiger partial charge in [0.1, 0.15) is 11.3 Å². The third-order valence-corrected chi connectivity index (χ3v) is 3.91. The minimum Gasteiger partial charge on any atom is -0.504 e. The Morgan fingerprint density at radius 2 is 1.92 bits per heavy atom. The van der Waals surface area contributed by atoms with Crippen LogP contribution in [0.1, 0.15) is 6.42 Å². The smallest absolute Gasteiger partial charge is 0.193 e. The van der Waals surface area contributed by atoms with Crippen molar-refractivity contribution in [2.24, 2.45) is 0 Å². The van der Waals surface area contributed by atoms with Crippen LogP contribution in [0.3, 0.4) is 0 Å². The van der Waals surface area contributed by atoms with Gasteiger partial charge in [0.2, 0.25) is 0 Å². The van der Waals surface area contributed by atoms with E-state index in [-0.39, 0.29) is 11.2 Å². The molecule has 0 atom stereocenters. The Labute approximate surface area is 146 Å². The van der Waals surface area contributed by atoms with Gasteiger partial charge in [0.05, 0.1) is 17.6 Å². The maximum absolute atomic E-state index is 12.3. The maximum Gasteiger partial charge on any atom is 0.193 e. The molecule has 0 aliphatic rings. The Balaban J connectivity index is 1.90. The summed E-state index contributed by atoms with van der Waals surface area (Å²) in [5.41, 5.74) is 0.781. The van der Waals surface area contributed by atoms with Crippen LogP contribution in [0, 0.1) is 0 Å². The van der Waals surface area contributed by atoms with Gasteiger partial charge >= 0.3 is 0 Å². The SMILES string of the molecule is CN(C)CCCOc1cccc(-c2cc(=O)c3ccccc3o2)c1O. The molecule has 0 unspecified atom stereocenters. The number of aromatic hydroxyl groups is 1. The summed E-state index contributed by atoms with van der Waals surface area (Å²) in [5.74, 6) is 0.679. The molecule has 0 fully saturated rings. The van der Waals surface area contributed by atoms with Crippen molar-refractivity contribution in [3.63, 3.8) is 0 Å². The van der Waals surface area contributed by atoms with E-state index in [1.165, 1.54) is 6.07 Å². The molecule has 0 radical (unpaired) electrons. The van der Waals surface area contributed by atoms with Crippen LogP contribution in [-0.4, -0.2) is 37.3 Å². The molecule has 0 saturated heterocycles. The number of hydrogen-bond acceptors (Lipinski definition) is 5. The molecule has 3 rings (SSSR count). The van der Waals surface area contributed by atoms with Crippen LogP contribution in [0.15, 0.2) is 57.7 Å². The standard InChI is InChI=1S/C20H21NO4/c1-21(2)11-6-12-24-18-10-5-8-15(20(18)23)19-13-16(22)14-7-3-4-9-17(14)25-19/h3-5,7-10,13,23H,6,11-12H2,1-2H3. The van der Waals surface area contributed by atoms with Crippen LogP contribution >= 0.6 is 0 Å². The van der Waals surface area contributed by atoms with Gasteiger partial charge in [-0.15, -0.1) is 0 Å². The minimum atomic E-state index is -0.145. The number of fused-ring (bicyclic) bond motifs is 1. The Kier molecular flexibility index (Phi) is 5.05. The molecule has 5 nitrogen and oxygen atoms in total. The molecule has 2 aromatic carbocycles. The second-order valence-electron chi connectivity index (χ2n) is 6.13. The van der Waals surface area contributed by atoms with Gasteiger partial charge in [-0.3, -0.25) is 4.79 Å². The highest BCUT2D eigenvalue weighted by Crippen LogP contribution is 2.37. The molecule has 0 amide bonds. The topological polar surface area (TPSA) is 62.9 Å². The fraction of sp³-hybridized carbons (Fsp3) is 0.250. The zero-order valence-electron chi connectivity index (χ0n) is 14.4. The summed E-state index contributed by atoms with van der Waals surface area (Å²) < 4.78 is 11.5. The highest BCUT2D eigenvalue weighted by molar-refractivity contribution is 5.80. The van der Waals surface area contributed by atoms with Gasteiger partial charge in [0.25, 0.3) is 0 Å². The molecule has 0 saturated carbocycles. The number of rotatable bonds is 6. The van der Waals surface area contributed by atoms with Crippen LogP contribution in [0.2, 0.25) is 0 Å². The van der Waals surface area contributed by atoms with E-state index in [0.29, 0.717) is 34.6 Å². The number of nitrogens with zero attached hydrogens (tertiary/aromatic N) is 1. The second-order valence-corrected chi connectivity index (χ2v) is 6.13. The van der Waals surface area contributed by atoms with Crippen molar-refractivity contribution in [1.29, 1.82) is 0 Å². The minimum absolute atomic E-state index is 0.0224. The summed E-state index contributed by atoms with van der Waals surface area (Å²) in [6.45, 7) is 1.40. The largest absolute Gasteiger partial charge is 0.504 e. The zero-order valence-corrected chi connectivity index (χ0v) is 14.4. The second kappa shape index (κ2) is 7.40. The van der Waals surface area contributed by atoms with Crippen molar-refractivity contribution in [2.75, 3.05) is 27.2 Å². The molecule has 1 aromatic heterocycles. The lowest BCUT2D eigenvalue weighted by Gasteiger charge is -2.13. The molecule has 0 aliphatic carbocycles. The molecule has 130 valence electrons. The fourth-order valence-corrected chi connectivity index (χ4v) is 2.64. The Morgan fingerprint density at radius 1 is 1.12 bits per heavy atom. The summed E-state index contributed by atoms with van der Waals surface area (Å²) in [5, 5.41) is 11.0. The quantitative estimate of drug-likeness (QED) is 0.697. The van der Waals surface area contributed by atoms with Crippen molar-refractivity contribution >= 4 is 11.0 Å². The molecule has 1 heterocycles. The highest BCUT2D eigenvalue weighted by Gasteiger charge is 2.14. The van der Waals surface area contributed by atoms with Gasteiger partial charge in [-0.1, -0.05) is 18.2 Å². The third-order valence-electron chi connectivity index (χ3n) is 3.91. The van der Waals surface area contributed by atoms with Crippen LogP contribution in [-0.2, 0) is 0 Å².